The maximum absolute atomic E-state index is 10.2. The molecule has 2 unspecified atom stereocenters. The molecule has 0 aliphatic carbocycles. The molecule has 0 saturated carbocycles. The van der Waals surface area contributed by atoms with Gasteiger partial charge in [0.2, 0.25) is 0 Å². The number of hydrogen-bond acceptors (Lipinski definition) is 2. The number of aliphatic hydroxyl groups is 2. The van der Waals surface area contributed by atoms with E-state index in [0.717, 1.165) is 25.7 Å². The van der Waals surface area contributed by atoms with Gasteiger partial charge < -0.3 is 10.2 Å². The second kappa shape index (κ2) is 32.1. The van der Waals surface area contributed by atoms with Crippen LogP contribution in [0.15, 0.2) is 0 Å². The van der Waals surface area contributed by atoms with E-state index in [4.69, 9.17) is 0 Å². The fourth-order valence-electron chi connectivity index (χ4n) is 5.70. The molecule has 2 N–H and O–H groups in total. The molecule has 0 aromatic rings. The first-order valence-electron chi connectivity index (χ1n) is 17.6. The van der Waals surface area contributed by atoms with Crippen molar-refractivity contribution in [3.63, 3.8) is 0 Å². The maximum Gasteiger partial charge on any atom is 0.0564 e. The van der Waals surface area contributed by atoms with Gasteiger partial charge in [-0.2, -0.15) is 0 Å². The fraction of sp³-hybridized carbons (Fsp3) is 1.00. The van der Waals surface area contributed by atoms with Gasteiger partial charge in [0.25, 0.3) is 0 Å². The zero-order valence-electron chi connectivity index (χ0n) is 26.0. The Bertz CT molecular complexity index is 397. The maximum atomic E-state index is 10.2. The summed E-state index contributed by atoms with van der Waals surface area (Å²) in [6.45, 7) is 4.53. The Balaban J connectivity index is 3.17. The summed E-state index contributed by atoms with van der Waals surface area (Å²) in [5.41, 5.74) is 0. The predicted molar refractivity (Wildman–Crippen MR) is 166 cm³/mol. The average molecular weight is 525 g/mol. The van der Waals surface area contributed by atoms with E-state index < -0.39 is 0 Å². The summed E-state index contributed by atoms with van der Waals surface area (Å²) in [4.78, 5) is 0. The van der Waals surface area contributed by atoms with E-state index in [1.165, 1.54) is 167 Å². The van der Waals surface area contributed by atoms with Crippen LogP contribution in [0.3, 0.4) is 0 Å². The van der Waals surface area contributed by atoms with E-state index in [9.17, 15) is 10.2 Å². The monoisotopic (exact) mass is 525 g/mol. The molecule has 224 valence electrons. The van der Waals surface area contributed by atoms with Gasteiger partial charge in [-0.3, -0.25) is 0 Å². The van der Waals surface area contributed by atoms with Crippen molar-refractivity contribution in [2.75, 3.05) is 0 Å². The summed E-state index contributed by atoms with van der Waals surface area (Å²) in [6, 6.07) is 0. The van der Waals surface area contributed by atoms with Gasteiger partial charge in [-0.15, -0.1) is 0 Å². The summed E-state index contributed by atoms with van der Waals surface area (Å²) in [7, 11) is 0. The highest BCUT2D eigenvalue weighted by Gasteiger charge is 2.11. The highest BCUT2D eigenvalue weighted by molar-refractivity contribution is 4.64. The van der Waals surface area contributed by atoms with Crippen LogP contribution < -0.4 is 0 Å². The third-order valence-electron chi connectivity index (χ3n) is 8.33. The summed E-state index contributed by atoms with van der Waals surface area (Å²) in [5, 5.41) is 20.3. The van der Waals surface area contributed by atoms with Crippen LogP contribution in [-0.2, 0) is 0 Å². The molecule has 0 spiro atoms. The normalized spacial score (nSPS) is 13.3. The molecule has 0 fully saturated rings. The van der Waals surface area contributed by atoms with E-state index >= 15 is 0 Å². The Labute approximate surface area is 235 Å². The lowest BCUT2D eigenvalue weighted by Crippen LogP contribution is -2.17. The van der Waals surface area contributed by atoms with Crippen molar-refractivity contribution in [3.05, 3.63) is 0 Å². The number of rotatable bonds is 32. The van der Waals surface area contributed by atoms with Crippen molar-refractivity contribution < 1.29 is 10.2 Å². The first kappa shape index (κ1) is 36.9. The first-order valence-corrected chi connectivity index (χ1v) is 17.6. The highest BCUT2D eigenvalue weighted by Crippen LogP contribution is 2.17. The predicted octanol–water partition coefficient (Wildman–Crippen LogP) is 11.8. The van der Waals surface area contributed by atoms with Crippen molar-refractivity contribution in [1.82, 2.24) is 0 Å². The molecule has 0 saturated heterocycles. The molecule has 0 radical (unpaired) electrons. The average Bonchev–Trinajstić information content (AvgIpc) is 2.89. The minimum Gasteiger partial charge on any atom is -0.393 e. The summed E-state index contributed by atoms with van der Waals surface area (Å²) in [6.07, 6.45) is 40.4. The van der Waals surface area contributed by atoms with Crippen LogP contribution in [0.4, 0.5) is 0 Å². The highest BCUT2D eigenvalue weighted by atomic mass is 16.3. The van der Waals surface area contributed by atoms with Gasteiger partial charge in [0.1, 0.15) is 0 Å². The second-order valence-electron chi connectivity index (χ2n) is 12.3. The largest absolute Gasteiger partial charge is 0.393 e. The molecule has 0 rings (SSSR count). The van der Waals surface area contributed by atoms with Crippen molar-refractivity contribution in [1.29, 1.82) is 0 Å². The zero-order valence-corrected chi connectivity index (χ0v) is 26.0. The van der Waals surface area contributed by atoms with E-state index in [2.05, 4.69) is 13.8 Å². The molecule has 0 bridgehead atoms. The van der Waals surface area contributed by atoms with Crippen LogP contribution in [0.5, 0.6) is 0 Å². The van der Waals surface area contributed by atoms with Gasteiger partial charge in [0.15, 0.2) is 0 Å². The quantitative estimate of drug-likeness (QED) is 0.0859. The van der Waals surface area contributed by atoms with Crippen LogP contribution in [0.25, 0.3) is 0 Å². The molecule has 37 heavy (non-hydrogen) atoms. The van der Waals surface area contributed by atoms with E-state index in [0.29, 0.717) is 6.42 Å². The molecule has 0 aliphatic rings. The van der Waals surface area contributed by atoms with Crippen molar-refractivity contribution in [2.24, 2.45) is 0 Å². The smallest absolute Gasteiger partial charge is 0.0564 e. The minimum atomic E-state index is -0.305. The third-order valence-corrected chi connectivity index (χ3v) is 8.33. The molecule has 0 heterocycles. The van der Waals surface area contributed by atoms with Crippen LogP contribution in [0.1, 0.15) is 213 Å². The SMILES string of the molecule is CCCCCCCCCCCCCCCCCCCCCCCCCC(O)CC(O)CCCCCCC. The standard InChI is InChI=1S/C35H72O2/c1-3-5-7-9-10-11-12-13-14-15-16-17-18-19-20-21-22-23-24-25-26-28-30-32-35(37)33-34(36)31-29-27-8-6-4-2/h34-37H,3-33H2,1-2H3. The molecular formula is C35H72O2. The Hall–Kier alpha value is -0.0800. The molecule has 0 aromatic heterocycles. The van der Waals surface area contributed by atoms with Gasteiger partial charge in [0, 0.05) is 0 Å². The molecule has 0 aliphatic heterocycles. The van der Waals surface area contributed by atoms with E-state index in [-0.39, 0.29) is 12.2 Å². The minimum absolute atomic E-state index is 0.304. The number of hydrogen-bond donors (Lipinski definition) is 2. The lowest BCUT2D eigenvalue weighted by atomic mass is 9.99. The van der Waals surface area contributed by atoms with Crippen molar-refractivity contribution in [3.8, 4) is 0 Å². The number of aliphatic hydroxyl groups excluding tert-OH is 2. The van der Waals surface area contributed by atoms with Crippen molar-refractivity contribution in [2.45, 2.75) is 225 Å². The topological polar surface area (TPSA) is 40.5 Å². The lowest BCUT2D eigenvalue weighted by Gasteiger charge is -2.15. The van der Waals surface area contributed by atoms with Crippen LogP contribution in [0, 0.1) is 0 Å². The van der Waals surface area contributed by atoms with Gasteiger partial charge >= 0.3 is 0 Å². The molecular weight excluding hydrogens is 452 g/mol. The second-order valence-corrected chi connectivity index (χ2v) is 12.3. The Morgan fingerprint density at radius 2 is 0.486 bits per heavy atom. The fourth-order valence-corrected chi connectivity index (χ4v) is 5.70. The molecule has 0 aromatic carbocycles. The van der Waals surface area contributed by atoms with E-state index in [1.54, 1.807) is 0 Å². The first-order chi connectivity index (χ1) is 18.2. The lowest BCUT2D eigenvalue weighted by molar-refractivity contribution is 0.0680. The molecule has 2 atom stereocenters. The third kappa shape index (κ3) is 32.0. The van der Waals surface area contributed by atoms with Crippen LogP contribution in [-0.4, -0.2) is 22.4 Å². The van der Waals surface area contributed by atoms with Crippen molar-refractivity contribution >= 4 is 0 Å². The Kier molecular flexibility index (Phi) is 32.1. The summed E-state index contributed by atoms with van der Waals surface area (Å²) < 4.78 is 0. The van der Waals surface area contributed by atoms with Gasteiger partial charge in [0.05, 0.1) is 12.2 Å². The van der Waals surface area contributed by atoms with Gasteiger partial charge in [-0.1, -0.05) is 194 Å². The summed E-state index contributed by atoms with van der Waals surface area (Å²) >= 11 is 0. The Morgan fingerprint density at radius 1 is 0.297 bits per heavy atom. The van der Waals surface area contributed by atoms with Crippen LogP contribution >= 0.6 is 0 Å². The molecule has 0 amide bonds. The Morgan fingerprint density at radius 3 is 0.703 bits per heavy atom. The van der Waals surface area contributed by atoms with Gasteiger partial charge in [-0.05, 0) is 19.3 Å². The van der Waals surface area contributed by atoms with E-state index in [1.807, 2.05) is 0 Å². The number of unbranched alkanes of at least 4 members (excludes halogenated alkanes) is 26. The molecule has 2 nitrogen and oxygen atoms in total. The molecule has 2 heteroatoms. The van der Waals surface area contributed by atoms with Gasteiger partial charge in [-0.25, -0.2) is 0 Å². The van der Waals surface area contributed by atoms with Crippen LogP contribution in [0.2, 0.25) is 0 Å². The zero-order chi connectivity index (χ0) is 27.1. The summed E-state index contributed by atoms with van der Waals surface area (Å²) in [5.74, 6) is 0.